The maximum atomic E-state index is 13.8. The number of halogens is 4. The molecule has 1 heterocycles. The van der Waals surface area contributed by atoms with E-state index in [1.807, 2.05) is 24.3 Å². The number of nitrogens with two attached hydrogens (primary N) is 1. The van der Waals surface area contributed by atoms with E-state index in [2.05, 4.69) is 16.9 Å². The van der Waals surface area contributed by atoms with Crippen molar-refractivity contribution in [3.05, 3.63) is 94.3 Å². The van der Waals surface area contributed by atoms with Crippen LogP contribution in [-0.2, 0) is 17.9 Å². The Balaban J connectivity index is 1.84. The lowest BCUT2D eigenvalue weighted by atomic mass is 10.0. The summed E-state index contributed by atoms with van der Waals surface area (Å²) >= 11 is 0. The minimum atomic E-state index is -4.79. The quantitative estimate of drug-likeness (QED) is 0.182. The van der Waals surface area contributed by atoms with Gasteiger partial charge in [0.1, 0.15) is 24.5 Å². The lowest BCUT2D eigenvalue weighted by Gasteiger charge is -2.27. The Labute approximate surface area is 213 Å². The number of nitrogens with one attached hydrogen (secondary N) is 1. The summed E-state index contributed by atoms with van der Waals surface area (Å²) in [5.41, 5.74) is 6.95. The number of carbonyl (C=O) groups is 1. The first-order valence-electron chi connectivity index (χ1n) is 11.7. The van der Waals surface area contributed by atoms with Crippen molar-refractivity contribution in [2.75, 3.05) is 26.4 Å². The van der Waals surface area contributed by atoms with E-state index in [0.29, 0.717) is 31.5 Å². The van der Waals surface area contributed by atoms with E-state index in [1.165, 1.54) is 0 Å². The summed E-state index contributed by atoms with van der Waals surface area (Å²) in [6, 6.07) is 13.6. The first-order valence-corrected chi connectivity index (χ1v) is 11.7. The molecule has 6 nitrogen and oxygen atoms in total. The molecule has 2 aromatic carbocycles. The topological polar surface area (TPSA) is 80.0 Å². The minimum Gasteiger partial charge on any atom is -0.394 e. The molecule has 0 aromatic heterocycles. The second-order valence-electron chi connectivity index (χ2n) is 8.60. The van der Waals surface area contributed by atoms with Crippen LogP contribution in [0.3, 0.4) is 0 Å². The molecule has 0 fully saturated rings. The number of allylic oxidation sites excluding steroid dienone is 1. The number of nitrogens with zero attached hydrogens (tertiary/aromatic N) is 2. The number of carbonyl (C=O) groups excluding carboxylic acids is 1. The summed E-state index contributed by atoms with van der Waals surface area (Å²) in [4.78, 5) is 17.0. The lowest BCUT2D eigenvalue weighted by molar-refractivity contribution is -0.0931. The average Bonchev–Trinajstić information content (AvgIpc) is 3.31. The Morgan fingerprint density at radius 3 is 2.59 bits per heavy atom. The fourth-order valence-electron chi connectivity index (χ4n) is 4.00. The van der Waals surface area contributed by atoms with Gasteiger partial charge in [-0.25, -0.2) is 4.39 Å². The zero-order valence-electron chi connectivity index (χ0n) is 20.5. The third kappa shape index (κ3) is 7.42. The number of alkyl halides is 4. The highest BCUT2D eigenvalue weighted by atomic mass is 19.4. The third-order valence-corrected chi connectivity index (χ3v) is 5.85. The van der Waals surface area contributed by atoms with E-state index in [-0.39, 0.29) is 30.3 Å². The van der Waals surface area contributed by atoms with Crippen molar-refractivity contribution in [2.45, 2.75) is 32.3 Å². The van der Waals surface area contributed by atoms with Crippen LogP contribution in [0.15, 0.2) is 77.1 Å². The maximum Gasteiger partial charge on any atom is 0.431 e. The van der Waals surface area contributed by atoms with Gasteiger partial charge in [0.05, 0.1) is 25.3 Å². The Hall–Kier alpha value is -3.66. The third-order valence-electron chi connectivity index (χ3n) is 5.85. The summed E-state index contributed by atoms with van der Waals surface area (Å²) < 4.78 is 59.0. The molecule has 0 spiro atoms. The SMILES string of the molecule is C=C(NC(C)c1ccc(C=O)cc1)C(C1=NCCN1Cc1cccc(COCCF)c1)=C(N)C(F)(F)F. The van der Waals surface area contributed by atoms with Gasteiger partial charge >= 0.3 is 6.18 Å². The summed E-state index contributed by atoms with van der Waals surface area (Å²) in [5, 5.41) is 3.01. The van der Waals surface area contributed by atoms with Gasteiger partial charge in [0.2, 0.25) is 0 Å². The largest absolute Gasteiger partial charge is 0.431 e. The van der Waals surface area contributed by atoms with Crippen LogP contribution in [0.5, 0.6) is 0 Å². The zero-order valence-corrected chi connectivity index (χ0v) is 20.5. The van der Waals surface area contributed by atoms with Gasteiger partial charge in [-0.15, -0.1) is 0 Å². The maximum absolute atomic E-state index is 13.8. The molecule has 0 saturated carbocycles. The van der Waals surface area contributed by atoms with Crippen LogP contribution in [0.4, 0.5) is 17.6 Å². The van der Waals surface area contributed by atoms with Crippen molar-refractivity contribution in [1.82, 2.24) is 10.2 Å². The molecule has 0 bridgehead atoms. The van der Waals surface area contributed by atoms with E-state index in [1.54, 1.807) is 36.1 Å². The van der Waals surface area contributed by atoms with Gasteiger partial charge in [-0.2, -0.15) is 13.2 Å². The summed E-state index contributed by atoms with van der Waals surface area (Å²) in [5.74, 6) is 0.106. The van der Waals surface area contributed by atoms with Crippen molar-refractivity contribution in [3.63, 3.8) is 0 Å². The van der Waals surface area contributed by atoms with E-state index in [4.69, 9.17) is 10.5 Å². The molecule has 1 aliphatic rings. The highest BCUT2D eigenvalue weighted by Crippen LogP contribution is 2.30. The fourth-order valence-corrected chi connectivity index (χ4v) is 4.00. The Bertz CT molecular complexity index is 1160. The second-order valence-corrected chi connectivity index (χ2v) is 8.60. The highest BCUT2D eigenvalue weighted by molar-refractivity contribution is 6.03. The van der Waals surface area contributed by atoms with Crippen LogP contribution in [0.25, 0.3) is 0 Å². The number of hydrogen-bond acceptors (Lipinski definition) is 6. The second kappa shape index (κ2) is 12.5. The number of aldehydes is 1. The van der Waals surface area contributed by atoms with E-state index in [9.17, 15) is 22.4 Å². The first kappa shape index (κ1) is 27.9. The molecule has 10 heteroatoms. The van der Waals surface area contributed by atoms with Crippen LogP contribution in [-0.4, -0.2) is 49.6 Å². The normalized spacial score (nSPS) is 15.2. The predicted octanol–water partition coefficient (Wildman–Crippen LogP) is 4.84. The molecular weight excluding hydrogens is 488 g/mol. The molecule has 0 saturated heterocycles. The number of ether oxygens (including phenoxy) is 1. The van der Waals surface area contributed by atoms with E-state index >= 15 is 0 Å². The molecule has 0 radical (unpaired) electrons. The molecule has 0 aliphatic carbocycles. The molecule has 1 aliphatic heterocycles. The van der Waals surface area contributed by atoms with Crippen LogP contribution < -0.4 is 11.1 Å². The molecule has 2 aromatic rings. The number of benzene rings is 2. The van der Waals surface area contributed by atoms with Gasteiger partial charge in [0, 0.05) is 30.4 Å². The van der Waals surface area contributed by atoms with E-state index in [0.717, 1.165) is 16.7 Å². The molecule has 198 valence electrons. The highest BCUT2D eigenvalue weighted by Gasteiger charge is 2.38. The van der Waals surface area contributed by atoms with Crippen LogP contribution in [0.1, 0.15) is 40.0 Å². The fraction of sp³-hybridized carbons (Fsp3) is 0.333. The van der Waals surface area contributed by atoms with Crippen molar-refractivity contribution >= 4 is 12.1 Å². The Morgan fingerprint density at radius 1 is 1.24 bits per heavy atom. The number of rotatable bonds is 12. The van der Waals surface area contributed by atoms with Crippen molar-refractivity contribution in [3.8, 4) is 0 Å². The molecule has 3 N–H and O–H groups in total. The molecule has 37 heavy (non-hydrogen) atoms. The summed E-state index contributed by atoms with van der Waals surface area (Å²) in [6.45, 7) is 6.29. The van der Waals surface area contributed by atoms with Gasteiger partial charge in [-0.1, -0.05) is 55.1 Å². The minimum absolute atomic E-state index is 0.00715. The zero-order chi connectivity index (χ0) is 27.0. The number of hydrogen-bond donors (Lipinski definition) is 2. The smallest absolute Gasteiger partial charge is 0.394 e. The van der Waals surface area contributed by atoms with Gasteiger partial charge in [0.15, 0.2) is 0 Å². The van der Waals surface area contributed by atoms with Gasteiger partial charge in [-0.05, 0) is 23.6 Å². The Morgan fingerprint density at radius 2 is 1.95 bits per heavy atom. The van der Waals surface area contributed by atoms with Gasteiger partial charge in [0.25, 0.3) is 0 Å². The molecule has 1 atom stereocenters. The van der Waals surface area contributed by atoms with Gasteiger partial charge < -0.3 is 20.7 Å². The molecular formula is C27H30F4N4O2. The van der Waals surface area contributed by atoms with Gasteiger partial charge in [-0.3, -0.25) is 9.79 Å². The standard InChI is InChI=1S/C27H30F4N4O2/c1-18(23-8-6-20(16-36)7-9-23)34-19(2)24(25(32)27(29,30)31)26-33-11-12-35(26)15-21-4-3-5-22(14-21)17-37-13-10-28/h3-9,14,16,18,34H,2,10-13,15,17,32H2,1H3. The molecule has 0 amide bonds. The number of amidine groups is 1. The lowest BCUT2D eigenvalue weighted by Crippen LogP contribution is -2.36. The van der Waals surface area contributed by atoms with Crippen molar-refractivity contribution in [2.24, 2.45) is 10.7 Å². The van der Waals surface area contributed by atoms with Crippen molar-refractivity contribution < 1.29 is 27.1 Å². The average molecular weight is 519 g/mol. The monoisotopic (exact) mass is 518 g/mol. The first-order chi connectivity index (χ1) is 17.6. The molecule has 3 rings (SSSR count). The summed E-state index contributed by atoms with van der Waals surface area (Å²) in [6.07, 6.45) is -4.08. The summed E-state index contributed by atoms with van der Waals surface area (Å²) in [7, 11) is 0. The molecule has 1 unspecified atom stereocenters. The van der Waals surface area contributed by atoms with Crippen LogP contribution >= 0.6 is 0 Å². The Kier molecular flexibility index (Phi) is 9.46. The van der Waals surface area contributed by atoms with Crippen LogP contribution in [0, 0.1) is 0 Å². The number of aliphatic imine (C=N–C) groups is 1. The van der Waals surface area contributed by atoms with Crippen molar-refractivity contribution in [1.29, 1.82) is 0 Å². The van der Waals surface area contributed by atoms with E-state index < -0.39 is 24.6 Å². The van der Waals surface area contributed by atoms with Crippen LogP contribution in [0.2, 0.25) is 0 Å². The predicted molar refractivity (Wildman–Crippen MR) is 135 cm³/mol.